The average molecular weight is 412 g/mol. The summed E-state index contributed by atoms with van der Waals surface area (Å²) in [5.74, 6) is 2.76. The molecule has 1 aromatic carbocycles. The standard InChI is InChI=1S/C24H30ClN3O/c1-16-21(22(25)28(27-16)15-17-5-3-2-4-6-17)23(29)26-8-7-24-12-18-9-19(13-24)11-20(10-18)14-24/h2-6,18-20H,7-15H2,1H3,(H,26,29). The second-order valence-corrected chi connectivity index (χ2v) is 10.2. The number of benzene rings is 1. The molecule has 4 bridgehead atoms. The molecule has 1 N–H and O–H groups in total. The minimum Gasteiger partial charge on any atom is -0.352 e. The lowest BCUT2D eigenvalue weighted by molar-refractivity contribution is -0.0564. The van der Waals surface area contributed by atoms with Crippen LogP contribution >= 0.6 is 11.6 Å². The van der Waals surface area contributed by atoms with Crippen LogP contribution in [0.3, 0.4) is 0 Å². The summed E-state index contributed by atoms with van der Waals surface area (Å²) < 4.78 is 1.72. The predicted octanol–water partition coefficient (Wildman–Crippen LogP) is 5.23. The molecule has 4 saturated carbocycles. The molecule has 0 unspecified atom stereocenters. The van der Waals surface area contributed by atoms with E-state index < -0.39 is 0 Å². The summed E-state index contributed by atoms with van der Waals surface area (Å²) in [5, 5.41) is 8.10. The third kappa shape index (κ3) is 3.72. The number of hydrogen-bond donors (Lipinski definition) is 1. The lowest BCUT2D eigenvalue weighted by Gasteiger charge is -2.57. The SMILES string of the molecule is Cc1nn(Cc2ccccc2)c(Cl)c1C(=O)NCCC12CC3CC(CC(C3)C1)C2. The van der Waals surface area contributed by atoms with Gasteiger partial charge in [0.2, 0.25) is 0 Å². The maximum Gasteiger partial charge on any atom is 0.256 e. The number of rotatable bonds is 6. The number of amides is 1. The van der Waals surface area contributed by atoms with Gasteiger partial charge in [0.05, 0.1) is 17.8 Å². The van der Waals surface area contributed by atoms with Gasteiger partial charge in [-0.1, -0.05) is 41.9 Å². The van der Waals surface area contributed by atoms with Crippen molar-refractivity contribution < 1.29 is 4.79 Å². The minimum atomic E-state index is -0.0865. The molecule has 1 heterocycles. The van der Waals surface area contributed by atoms with Crippen LogP contribution in [-0.4, -0.2) is 22.2 Å². The Morgan fingerprint density at radius 3 is 2.38 bits per heavy atom. The van der Waals surface area contributed by atoms with Gasteiger partial charge in [-0.05, 0) is 80.6 Å². The molecule has 0 radical (unpaired) electrons. The first-order valence-electron chi connectivity index (χ1n) is 11.1. The number of aryl methyl sites for hydroxylation is 1. The topological polar surface area (TPSA) is 46.9 Å². The first-order valence-corrected chi connectivity index (χ1v) is 11.4. The summed E-state index contributed by atoms with van der Waals surface area (Å²) in [6.07, 6.45) is 9.62. The molecule has 4 aliphatic carbocycles. The fraction of sp³-hybridized carbons (Fsp3) is 0.583. The summed E-state index contributed by atoms with van der Waals surface area (Å²) >= 11 is 6.55. The number of nitrogens with zero attached hydrogens (tertiary/aromatic N) is 2. The zero-order valence-corrected chi connectivity index (χ0v) is 17.9. The van der Waals surface area contributed by atoms with E-state index in [1.165, 1.54) is 38.5 Å². The molecule has 5 heteroatoms. The second kappa shape index (κ2) is 7.46. The van der Waals surface area contributed by atoms with Crippen molar-refractivity contribution in [3.05, 3.63) is 52.3 Å². The van der Waals surface area contributed by atoms with Crippen molar-refractivity contribution in [2.45, 2.75) is 58.4 Å². The van der Waals surface area contributed by atoms with Crippen LogP contribution in [0.4, 0.5) is 0 Å². The Balaban J connectivity index is 1.22. The van der Waals surface area contributed by atoms with Gasteiger partial charge in [-0.25, -0.2) is 4.68 Å². The maximum absolute atomic E-state index is 12.9. The molecule has 4 fully saturated rings. The van der Waals surface area contributed by atoms with E-state index in [0.29, 0.717) is 28.4 Å². The summed E-state index contributed by atoms with van der Waals surface area (Å²) in [4.78, 5) is 12.9. The third-order valence-corrected chi connectivity index (χ3v) is 7.96. The number of aromatic nitrogens is 2. The first-order chi connectivity index (χ1) is 14.0. The van der Waals surface area contributed by atoms with Crippen molar-refractivity contribution in [3.8, 4) is 0 Å². The first kappa shape index (κ1) is 19.2. The van der Waals surface area contributed by atoms with Crippen molar-refractivity contribution in [3.63, 3.8) is 0 Å². The van der Waals surface area contributed by atoms with Gasteiger partial charge in [-0.15, -0.1) is 0 Å². The van der Waals surface area contributed by atoms with Crippen LogP contribution in [0.5, 0.6) is 0 Å². The zero-order chi connectivity index (χ0) is 20.0. The maximum atomic E-state index is 12.9. The Morgan fingerprint density at radius 2 is 1.76 bits per heavy atom. The molecule has 4 nitrogen and oxygen atoms in total. The fourth-order valence-electron chi connectivity index (χ4n) is 6.80. The molecule has 0 aliphatic heterocycles. The highest BCUT2D eigenvalue weighted by Gasteiger charge is 2.50. The van der Waals surface area contributed by atoms with Gasteiger partial charge in [0, 0.05) is 6.54 Å². The van der Waals surface area contributed by atoms with Crippen molar-refractivity contribution in [2.24, 2.45) is 23.2 Å². The Labute approximate surface area is 178 Å². The molecule has 154 valence electrons. The third-order valence-electron chi connectivity index (χ3n) is 7.57. The quantitative estimate of drug-likeness (QED) is 0.707. The van der Waals surface area contributed by atoms with Gasteiger partial charge in [0.1, 0.15) is 5.15 Å². The molecule has 2 aromatic rings. The number of nitrogens with one attached hydrogen (secondary N) is 1. The van der Waals surface area contributed by atoms with Crippen LogP contribution in [-0.2, 0) is 6.54 Å². The Morgan fingerprint density at radius 1 is 1.14 bits per heavy atom. The van der Waals surface area contributed by atoms with Gasteiger partial charge in [0.25, 0.3) is 5.91 Å². The minimum absolute atomic E-state index is 0.0865. The van der Waals surface area contributed by atoms with Crippen molar-refractivity contribution >= 4 is 17.5 Å². The number of carbonyl (C=O) groups excluding carboxylic acids is 1. The summed E-state index contributed by atoms with van der Waals surface area (Å²) in [6.45, 7) is 3.17. The fourth-order valence-corrected chi connectivity index (χ4v) is 7.12. The molecule has 6 rings (SSSR count). The van der Waals surface area contributed by atoms with E-state index >= 15 is 0 Å². The molecular formula is C24H30ClN3O. The average Bonchev–Trinajstić information content (AvgIpc) is 2.94. The Bertz CT molecular complexity index is 869. The van der Waals surface area contributed by atoms with E-state index in [2.05, 4.69) is 10.4 Å². The Hall–Kier alpha value is -1.81. The van der Waals surface area contributed by atoms with Crippen LogP contribution < -0.4 is 5.32 Å². The molecule has 1 aromatic heterocycles. The highest BCUT2D eigenvalue weighted by atomic mass is 35.5. The van der Waals surface area contributed by atoms with Gasteiger partial charge < -0.3 is 5.32 Å². The van der Waals surface area contributed by atoms with Crippen LogP contribution in [0.25, 0.3) is 0 Å². The largest absolute Gasteiger partial charge is 0.352 e. The van der Waals surface area contributed by atoms with Crippen molar-refractivity contribution in [1.82, 2.24) is 15.1 Å². The normalized spacial score (nSPS) is 29.9. The molecule has 4 aliphatic rings. The van der Waals surface area contributed by atoms with Gasteiger partial charge in [-0.2, -0.15) is 5.10 Å². The summed E-state index contributed by atoms with van der Waals surface area (Å²) in [7, 11) is 0. The molecule has 0 spiro atoms. The molecular weight excluding hydrogens is 382 g/mol. The van der Waals surface area contributed by atoms with Crippen LogP contribution in [0.2, 0.25) is 5.15 Å². The predicted molar refractivity (Wildman–Crippen MR) is 115 cm³/mol. The van der Waals surface area contributed by atoms with Crippen LogP contribution in [0.1, 0.15) is 66.6 Å². The lowest BCUT2D eigenvalue weighted by atomic mass is 9.49. The van der Waals surface area contributed by atoms with E-state index in [1.54, 1.807) is 4.68 Å². The Kier molecular flexibility index (Phi) is 4.93. The van der Waals surface area contributed by atoms with Gasteiger partial charge in [0.15, 0.2) is 0 Å². The number of carbonyl (C=O) groups is 1. The second-order valence-electron chi connectivity index (χ2n) is 9.82. The van der Waals surface area contributed by atoms with Crippen molar-refractivity contribution in [1.29, 1.82) is 0 Å². The molecule has 1 amide bonds. The smallest absolute Gasteiger partial charge is 0.256 e. The van der Waals surface area contributed by atoms with E-state index in [-0.39, 0.29) is 5.91 Å². The van der Waals surface area contributed by atoms with Crippen LogP contribution in [0, 0.1) is 30.1 Å². The number of halogens is 1. The van der Waals surface area contributed by atoms with E-state index in [9.17, 15) is 4.79 Å². The molecule has 0 saturated heterocycles. The molecule has 29 heavy (non-hydrogen) atoms. The van der Waals surface area contributed by atoms with E-state index in [4.69, 9.17) is 11.6 Å². The highest BCUT2D eigenvalue weighted by molar-refractivity contribution is 6.33. The van der Waals surface area contributed by atoms with Crippen molar-refractivity contribution in [2.75, 3.05) is 6.54 Å². The summed E-state index contributed by atoms with van der Waals surface area (Å²) in [6, 6.07) is 10.1. The highest BCUT2D eigenvalue weighted by Crippen LogP contribution is 2.61. The molecule has 0 atom stereocenters. The number of hydrogen-bond acceptors (Lipinski definition) is 2. The van der Waals surface area contributed by atoms with Crippen LogP contribution in [0.15, 0.2) is 30.3 Å². The van der Waals surface area contributed by atoms with Gasteiger partial charge in [-0.3, -0.25) is 4.79 Å². The van der Waals surface area contributed by atoms with E-state index in [0.717, 1.165) is 36.3 Å². The zero-order valence-electron chi connectivity index (χ0n) is 17.2. The summed E-state index contributed by atoms with van der Waals surface area (Å²) in [5.41, 5.74) is 2.82. The van der Waals surface area contributed by atoms with Gasteiger partial charge >= 0.3 is 0 Å². The lowest BCUT2D eigenvalue weighted by Crippen LogP contribution is -2.47. The van der Waals surface area contributed by atoms with E-state index in [1.807, 2.05) is 37.3 Å². The monoisotopic (exact) mass is 411 g/mol.